The minimum absolute atomic E-state index is 0.690. The van der Waals surface area contributed by atoms with Crippen molar-refractivity contribution < 1.29 is 0 Å². The van der Waals surface area contributed by atoms with Crippen molar-refractivity contribution in [2.45, 2.75) is 42.2 Å². The monoisotopic (exact) mass is 218 g/mol. The number of rotatable bonds is 2. The Bertz CT molecular complexity index is 364. The van der Waals surface area contributed by atoms with Crippen LogP contribution in [0.5, 0.6) is 0 Å². The summed E-state index contributed by atoms with van der Waals surface area (Å²) in [6.45, 7) is 0. The lowest BCUT2D eigenvalue weighted by Crippen LogP contribution is -2.08. The number of nitrogens with zero attached hydrogens (tertiary/aromatic N) is 2. The van der Waals surface area contributed by atoms with Gasteiger partial charge in [0, 0.05) is 22.5 Å². The molecule has 1 aromatic rings. The van der Waals surface area contributed by atoms with Crippen LogP contribution >= 0.6 is 11.8 Å². The Kier molecular flexibility index (Phi) is 3.63. The Morgan fingerprint density at radius 1 is 1.33 bits per heavy atom. The Morgan fingerprint density at radius 3 is 2.87 bits per heavy atom. The van der Waals surface area contributed by atoms with Crippen LogP contribution in [0.15, 0.2) is 23.4 Å². The first kappa shape index (κ1) is 10.5. The summed E-state index contributed by atoms with van der Waals surface area (Å²) in [4.78, 5) is 5.13. The second kappa shape index (κ2) is 5.18. The van der Waals surface area contributed by atoms with Crippen molar-refractivity contribution in [1.29, 1.82) is 5.26 Å². The molecule has 2 rings (SSSR count). The topological polar surface area (TPSA) is 36.7 Å². The third kappa shape index (κ3) is 2.73. The summed E-state index contributed by atoms with van der Waals surface area (Å²) in [5, 5.41) is 9.65. The molecule has 0 aromatic carbocycles. The molecule has 0 amide bonds. The molecule has 0 atom stereocenters. The van der Waals surface area contributed by atoms with E-state index < -0.39 is 0 Å². The lowest BCUT2D eigenvalue weighted by molar-refractivity contribution is 0.516. The van der Waals surface area contributed by atoms with Crippen LogP contribution in [-0.2, 0) is 0 Å². The number of thioether (sulfide) groups is 1. The Hall–Kier alpha value is -1.01. The molecule has 0 bridgehead atoms. The molecular formula is C12H14N2S. The van der Waals surface area contributed by atoms with Gasteiger partial charge in [0.15, 0.2) is 0 Å². The Balaban J connectivity index is 2.06. The van der Waals surface area contributed by atoms with Crippen molar-refractivity contribution in [3.63, 3.8) is 0 Å². The first-order chi connectivity index (χ1) is 7.40. The van der Waals surface area contributed by atoms with Crippen LogP contribution in [0.4, 0.5) is 0 Å². The lowest BCUT2D eigenvalue weighted by Gasteiger charge is -2.20. The third-order valence-electron chi connectivity index (χ3n) is 2.75. The lowest BCUT2D eigenvalue weighted by atomic mass is 10.0. The van der Waals surface area contributed by atoms with E-state index >= 15 is 0 Å². The van der Waals surface area contributed by atoms with Crippen LogP contribution in [0.2, 0.25) is 0 Å². The van der Waals surface area contributed by atoms with Gasteiger partial charge >= 0.3 is 0 Å². The molecule has 1 saturated carbocycles. The van der Waals surface area contributed by atoms with E-state index in [-0.39, 0.29) is 0 Å². The Morgan fingerprint density at radius 2 is 2.13 bits per heavy atom. The fourth-order valence-electron chi connectivity index (χ4n) is 1.93. The molecule has 3 heteroatoms. The quantitative estimate of drug-likeness (QED) is 0.763. The molecule has 0 N–H and O–H groups in total. The van der Waals surface area contributed by atoms with Crippen LogP contribution in [0, 0.1) is 11.3 Å². The predicted molar refractivity (Wildman–Crippen MR) is 61.7 cm³/mol. The zero-order valence-electron chi connectivity index (χ0n) is 8.65. The van der Waals surface area contributed by atoms with Crippen LogP contribution in [-0.4, -0.2) is 10.2 Å². The molecule has 1 aliphatic carbocycles. The van der Waals surface area contributed by atoms with Crippen molar-refractivity contribution in [1.82, 2.24) is 4.98 Å². The van der Waals surface area contributed by atoms with E-state index in [1.165, 1.54) is 32.1 Å². The molecule has 78 valence electrons. The summed E-state index contributed by atoms with van der Waals surface area (Å²) in [6, 6.07) is 4.02. The van der Waals surface area contributed by atoms with Gasteiger partial charge in [0.1, 0.15) is 6.07 Å². The van der Waals surface area contributed by atoms with Gasteiger partial charge in [-0.15, -0.1) is 11.8 Å². The highest BCUT2D eigenvalue weighted by molar-refractivity contribution is 8.00. The number of hydrogen-bond donors (Lipinski definition) is 0. The van der Waals surface area contributed by atoms with Crippen molar-refractivity contribution in [2.75, 3.05) is 0 Å². The van der Waals surface area contributed by atoms with E-state index in [9.17, 15) is 0 Å². The largest absolute Gasteiger partial charge is 0.263 e. The van der Waals surface area contributed by atoms with Crippen molar-refractivity contribution >= 4 is 11.8 Å². The van der Waals surface area contributed by atoms with Gasteiger partial charge in [-0.25, -0.2) is 0 Å². The Labute approximate surface area is 94.7 Å². The van der Waals surface area contributed by atoms with E-state index in [1.807, 2.05) is 18.0 Å². The molecule has 2 nitrogen and oxygen atoms in total. The van der Waals surface area contributed by atoms with Gasteiger partial charge < -0.3 is 0 Å². The summed E-state index contributed by atoms with van der Waals surface area (Å²) >= 11 is 1.83. The van der Waals surface area contributed by atoms with E-state index in [1.54, 1.807) is 12.3 Å². The van der Waals surface area contributed by atoms with Gasteiger partial charge in [0.05, 0.1) is 5.56 Å². The molecule has 1 aliphatic rings. The molecule has 1 aromatic heterocycles. The standard InChI is InChI=1S/C12H14N2S/c13-8-10-6-7-14-9-12(10)15-11-4-2-1-3-5-11/h6-7,9,11H,1-5H2. The maximum Gasteiger partial charge on any atom is 0.100 e. The summed E-state index contributed by atoms with van der Waals surface area (Å²) in [5.41, 5.74) is 0.764. The highest BCUT2D eigenvalue weighted by atomic mass is 32.2. The maximum absolute atomic E-state index is 8.96. The summed E-state index contributed by atoms with van der Waals surface area (Å²) in [7, 11) is 0. The minimum Gasteiger partial charge on any atom is -0.263 e. The average molecular weight is 218 g/mol. The third-order valence-corrected chi connectivity index (χ3v) is 4.13. The van der Waals surface area contributed by atoms with E-state index in [4.69, 9.17) is 5.26 Å². The molecule has 0 spiro atoms. The highest BCUT2D eigenvalue weighted by Gasteiger charge is 2.16. The SMILES string of the molecule is N#Cc1ccncc1SC1CCCCC1. The molecular weight excluding hydrogens is 204 g/mol. The van der Waals surface area contributed by atoms with Gasteiger partial charge in [-0.05, 0) is 18.9 Å². The minimum atomic E-state index is 0.690. The summed E-state index contributed by atoms with van der Waals surface area (Å²) < 4.78 is 0. The number of hydrogen-bond acceptors (Lipinski definition) is 3. The second-order valence-electron chi connectivity index (χ2n) is 3.86. The van der Waals surface area contributed by atoms with Crippen molar-refractivity contribution in [3.8, 4) is 6.07 Å². The number of pyridine rings is 1. The second-order valence-corrected chi connectivity index (χ2v) is 5.20. The normalized spacial score (nSPS) is 17.3. The number of aromatic nitrogens is 1. The van der Waals surface area contributed by atoms with Crippen molar-refractivity contribution in [3.05, 3.63) is 24.0 Å². The smallest absolute Gasteiger partial charge is 0.100 e. The molecule has 1 fully saturated rings. The predicted octanol–water partition coefficient (Wildman–Crippen LogP) is 3.38. The zero-order chi connectivity index (χ0) is 10.5. The van der Waals surface area contributed by atoms with Crippen LogP contribution in [0.25, 0.3) is 0 Å². The zero-order valence-corrected chi connectivity index (χ0v) is 9.46. The van der Waals surface area contributed by atoms with Gasteiger partial charge in [-0.2, -0.15) is 5.26 Å². The van der Waals surface area contributed by atoms with Gasteiger partial charge in [-0.1, -0.05) is 19.3 Å². The number of nitriles is 1. The average Bonchev–Trinajstić information content (AvgIpc) is 2.31. The van der Waals surface area contributed by atoms with Crippen LogP contribution < -0.4 is 0 Å². The first-order valence-corrected chi connectivity index (χ1v) is 6.29. The van der Waals surface area contributed by atoms with E-state index in [0.29, 0.717) is 5.25 Å². The molecule has 0 saturated heterocycles. The molecule has 0 aliphatic heterocycles. The van der Waals surface area contributed by atoms with E-state index in [0.717, 1.165) is 10.5 Å². The summed E-state index contributed by atoms with van der Waals surface area (Å²) in [6.07, 6.45) is 10.1. The van der Waals surface area contributed by atoms with E-state index in [2.05, 4.69) is 11.1 Å². The maximum atomic E-state index is 8.96. The fraction of sp³-hybridized carbons (Fsp3) is 0.500. The summed E-state index contributed by atoms with van der Waals surface area (Å²) in [5.74, 6) is 0. The highest BCUT2D eigenvalue weighted by Crippen LogP contribution is 2.34. The fourth-order valence-corrected chi connectivity index (χ4v) is 3.22. The first-order valence-electron chi connectivity index (χ1n) is 5.41. The van der Waals surface area contributed by atoms with Crippen LogP contribution in [0.1, 0.15) is 37.7 Å². The van der Waals surface area contributed by atoms with Crippen LogP contribution in [0.3, 0.4) is 0 Å². The van der Waals surface area contributed by atoms with Gasteiger partial charge in [-0.3, -0.25) is 4.98 Å². The molecule has 1 heterocycles. The van der Waals surface area contributed by atoms with Crippen molar-refractivity contribution in [2.24, 2.45) is 0 Å². The van der Waals surface area contributed by atoms with Gasteiger partial charge in [0.25, 0.3) is 0 Å². The molecule has 15 heavy (non-hydrogen) atoms. The van der Waals surface area contributed by atoms with Gasteiger partial charge in [0.2, 0.25) is 0 Å². The molecule has 0 unspecified atom stereocenters. The molecule has 0 radical (unpaired) electrons.